The van der Waals surface area contributed by atoms with Gasteiger partial charge in [-0.15, -0.1) is 11.8 Å². The normalized spacial score (nSPS) is 10.2. The predicted molar refractivity (Wildman–Crippen MR) is 89.3 cm³/mol. The second-order valence-corrected chi connectivity index (χ2v) is 5.61. The molecule has 0 radical (unpaired) electrons. The molecule has 0 atom stereocenters. The van der Waals surface area contributed by atoms with E-state index in [1.54, 1.807) is 24.3 Å². The van der Waals surface area contributed by atoms with Gasteiger partial charge in [-0.1, -0.05) is 12.1 Å². The van der Waals surface area contributed by atoms with Crippen LogP contribution in [0.5, 0.6) is 0 Å². The smallest absolute Gasteiger partial charge is 0.282 e. The van der Waals surface area contributed by atoms with Crippen molar-refractivity contribution in [2.75, 3.05) is 11.6 Å². The lowest BCUT2D eigenvalue weighted by molar-refractivity contribution is -0.385. The minimum absolute atomic E-state index is 0.0184. The first kappa shape index (κ1) is 16.7. The van der Waals surface area contributed by atoms with Crippen LogP contribution in [0.15, 0.2) is 47.4 Å². The molecule has 0 aromatic heterocycles. The molecule has 7 heteroatoms. The molecule has 0 aliphatic heterocycles. The summed E-state index contributed by atoms with van der Waals surface area (Å²) in [5.74, 6) is -0.718. The van der Waals surface area contributed by atoms with E-state index < -0.39 is 10.8 Å². The summed E-state index contributed by atoms with van der Waals surface area (Å²) in [4.78, 5) is 35.0. The fourth-order valence-corrected chi connectivity index (χ4v) is 2.44. The average molecular weight is 330 g/mol. The zero-order chi connectivity index (χ0) is 17.0. The molecular formula is C16H14N2O4S. The third-order valence-corrected chi connectivity index (χ3v) is 3.90. The average Bonchev–Trinajstić information content (AvgIpc) is 2.54. The number of nitrogens with zero attached hydrogens (tertiary/aromatic N) is 1. The SMILES string of the molecule is CSc1ccc([N+](=O)[O-])c(C(=O)Nc2cccc(C(C)=O)c2)c1. The van der Waals surface area contributed by atoms with Gasteiger partial charge in [-0.05, 0) is 37.4 Å². The van der Waals surface area contributed by atoms with Gasteiger partial charge < -0.3 is 5.32 Å². The maximum absolute atomic E-state index is 12.4. The van der Waals surface area contributed by atoms with E-state index in [0.717, 1.165) is 4.90 Å². The zero-order valence-corrected chi connectivity index (χ0v) is 13.3. The Balaban J connectivity index is 2.35. The van der Waals surface area contributed by atoms with Crippen molar-refractivity contribution < 1.29 is 14.5 Å². The molecule has 0 saturated heterocycles. The van der Waals surface area contributed by atoms with Crippen LogP contribution in [0.3, 0.4) is 0 Å². The second-order valence-electron chi connectivity index (χ2n) is 4.73. The summed E-state index contributed by atoms with van der Waals surface area (Å²) in [6.45, 7) is 1.42. The summed E-state index contributed by atoms with van der Waals surface area (Å²) in [6.07, 6.45) is 1.82. The van der Waals surface area contributed by atoms with Gasteiger partial charge in [-0.25, -0.2) is 0 Å². The summed E-state index contributed by atoms with van der Waals surface area (Å²) < 4.78 is 0. The van der Waals surface area contributed by atoms with Crippen LogP contribution in [0.25, 0.3) is 0 Å². The molecular weight excluding hydrogens is 316 g/mol. The second kappa shape index (κ2) is 7.06. The molecule has 1 amide bonds. The van der Waals surface area contributed by atoms with E-state index in [9.17, 15) is 19.7 Å². The monoisotopic (exact) mass is 330 g/mol. The van der Waals surface area contributed by atoms with Crippen LogP contribution in [0.4, 0.5) is 11.4 Å². The number of anilines is 1. The van der Waals surface area contributed by atoms with Crippen molar-refractivity contribution in [2.45, 2.75) is 11.8 Å². The highest BCUT2D eigenvalue weighted by atomic mass is 32.2. The molecule has 0 heterocycles. The molecule has 0 aliphatic carbocycles. The number of carbonyl (C=O) groups excluding carboxylic acids is 2. The van der Waals surface area contributed by atoms with Crippen LogP contribution < -0.4 is 5.32 Å². The molecule has 0 fully saturated rings. The number of benzene rings is 2. The van der Waals surface area contributed by atoms with E-state index in [-0.39, 0.29) is 17.0 Å². The van der Waals surface area contributed by atoms with Crippen molar-refractivity contribution in [2.24, 2.45) is 0 Å². The number of nitro benzene ring substituents is 1. The van der Waals surface area contributed by atoms with Gasteiger partial charge in [-0.2, -0.15) is 0 Å². The Kier molecular flexibility index (Phi) is 5.13. The minimum atomic E-state index is -0.592. The van der Waals surface area contributed by atoms with Gasteiger partial charge in [0.05, 0.1) is 4.92 Å². The predicted octanol–water partition coefficient (Wildman–Crippen LogP) is 3.77. The quantitative estimate of drug-likeness (QED) is 0.390. The van der Waals surface area contributed by atoms with E-state index in [4.69, 9.17) is 0 Å². The van der Waals surface area contributed by atoms with Crippen molar-refractivity contribution in [3.63, 3.8) is 0 Å². The Morgan fingerprint density at radius 2 is 1.91 bits per heavy atom. The summed E-state index contributed by atoms with van der Waals surface area (Å²) in [6, 6.07) is 10.8. The minimum Gasteiger partial charge on any atom is -0.322 e. The number of amides is 1. The standard InChI is InChI=1S/C16H14N2O4S/c1-10(19)11-4-3-5-12(8-11)17-16(20)14-9-13(23-2)6-7-15(14)18(21)22/h3-9H,1-2H3,(H,17,20). The number of ketones is 1. The number of hydrogen-bond donors (Lipinski definition) is 1. The summed E-state index contributed by atoms with van der Waals surface area (Å²) in [7, 11) is 0. The molecule has 0 aliphatic rings. The summed E-state index contributed by atoms with van der Waals surface area (Å²) in [5.41, 5.74) is 0.583. The van der Waals surface area contributed by atoms with Crippen molar-refractivity contribution in [1.29, 1.82) is 0 Å². The lowest BCUT2D eigenvalue weighted by Crippen LogP contribution is -2.14. The lowest BCUT2D eigenvalue weighted by Gasteiger charge is -2.08. The molecule has 118 valence electrons. The van der Waals surface area contributed by atoms with Crippen LogP contribution >= 0.6 is 11.8 Å². The Labute approximate surface area is 137 Å². The highest BCUT2D eigenvalue weighted by Gasteiger charge is 2.21. The third kappa shape index (κ3) is 3.95. The number of thioether (sulfide) groups is 1. The molecule has 0 unspecified atom stereocenters. The fraction of sp³-hybridized carbons (Fsp3) is 0.125. The number of rotatable bonds is 5. The highest BCUT2D eigenvalue weighted by molar-refractivity contribution is 7.98. The fourth-order valence-electron chi connectivity index (χ4n) is 2.00. The molecule has 1 N–H and O–H groups in total. The molecule has 2 aromatic rings. The first-order valence-electron chi connectivity index (χ1n) is 6.67. The van der Waals surface area contributed by atoms with Crippen LogP contribution in [0, 0.1) is 10.1 Å². The van der Waals surface area contributed by atoms with E-state index in [1.807, 2.05) is 6.26 Å². The van der Waals surface area contributed by atoms with E-state index in [2.05, 4.69) is 5.32 Å². The Morgan fingerprint density at radius 3 is 2.52 bits per heavy atom. The number of nitrogens with one attached hydrogen (secondary N) is 1. The number of carbonyl (C=O) groups is 2. The largest absolute Gasteiger partial charge is 0.322 e. The van der Waals surface area contributed by atoms with Gasteiger partial charge in [-0.3, -0.25) is 19.7 Å². The van der Waals surface area contributed by atoms with Gasteiger partial charge in [0.2, 0.25) is 0 Å². The van der Waals surface area contributed by atoms with Crippen LogP contribution in [-0.4, -0.2) is 22.9 Å². The molecule has 23 heavy (non-hydrogen) atoms. The van der Waals surface area contributed by atoms with Crippen molar-refractivity contribution >= 4 is 34.8 Å². The van der Waals surface area contributed by atoms with E-state index >= 15 is 0 Å². The molecule has 0 spiro atoms. The number of hydrogen-bond acceptors (Lipinski definition) is 5. The molecule has 0 bridgehead atoms. The van der Waals surface area contributed by atoms with Gasteiger partial charge in [0, 0.05) is 22.2 Å². The van der Waals surface area contributed by atoms with Crippen LogP contribution in [0.1, 0.15) is 27.6 Å². The van der Waals surface area contributed by atoms with Crippen molar-refractivity contribution in [3.8, 4) is 0 Å². The van der Waals surface area contributed by atoms with Gasteiger partial charge in [0.1, 0.15) is 5.56 Å². The van der Waals surface area contributed by atoms with Crippen molar-refractivity contribution in [1.82, 2.24) is 0 Å². The molecule has 0 saturated carbocycles. The Hall–Kier alpha value is -2.67. The van der Waals surface area contributed by atoms with Crippen LogP contribution in [0.2, 0.25) is 0 Å². The maximum Gasteiger partial charge on any atom is 0.282 e. The van der Waals surface area contributed by atoms with Gasteiger partial charge >= 0.3 is 0 Å². The summed E-state index contributed by atoms with van der Waals surface area (Å²) in [5, 5.41) is 13.7. The number of Topliss-reactive ketones (excluding diaryl/α,β-unsaturated/α-hetero) is 1. The number of nitro groups is 1. The lowest BCUT2D eigenvalue weighted by atomic mass is 10.1. The molecule has 2 aromatic carbocycles. The molecule has 2 rings (SSSR count). The van der Waals surface area contributed by atoms with Gasteiger partial charge in [0.15, 0.2) is 5.78 Å². The van der Waals surface area contributed by atoms with E-state index in [1.165, 1.54) is 36.9 Å². The Bertz CT molecular complexity index is 789. The highest BCUT2D eigenvalue weighted by Crippen LogP contribution is 2.25. The van der Waals surface area contributed by atoms with Crippen LogP contribution in [-0.2, 0) is 0 Å². The maximum atomic E-state index is 12.4. The first-order valence-corrected chi connectivity index (χ1v) is 7.89. The van der Waals surface area contributed by atoms with E-state index in [0.29, 0.717) is 11.3 Å². The van der Waals surface area contributed by atoms with Gasteiger partial charge in [0.25, 0.3) is 11.6 Å². The first-order chi connectivity index (χ1) is 10.9. The topological polar surface area (TPSA) is 89.3 Å². The summed E-state index contributed by atoms with van der Waals surface area (Å²) >= 11 is 1.39. The molecule has 6 nitrogen and oxygen atoms in total. The zero-order valence-electron chi connectivity index (χ0n) is 12.5. The third-order valence-electron chi connectivity index (χ3n) is 3.17. The Morgan fingerprint density at radius 1 is 1.17 bits per heavy atom. The van der Waals surface area contributed by atoms with Crippen molar-refractivity contribution in [3.05, 3.63) is 63.7 Å².